The summed E-state index contributed by atoms with van der Waals surface area (Å²) < 4.78 is 33.8. The SMILES string of the molecule is CCOc1ccc(F)c(CCNC(=S)Nc2nnccc2Br)c1F. The van der Waals surface area contributed by atoms with Gasteiger partial charge < -0.3 is 15.4 Å². The molecular weight excluding hydrogens is 402 g/mol. The van der Waals surface area contributed by atoms with Crippen molar-refractivity contribution >= 4 is 39.1 Å². The van der Waals surface area contributed by atoms with Crippen LogP contribution in [0.15, 0.2) is 28.9 Å². The zero-order valence-electron chi connectivity index (χ0n) is 12.8. The molecule has 2 N–H and O–H groups in total. The number of ether oxygens (including phenoxy) is 1. The zero-order chi connectivity index (χ0) is 17.5. The van der Waals surface area contributed by atoms with Gasteiger partial charge in [-0.1, -0.05) is 0 Å². The van der Waals surface area contributed by atoms with Gasteiger partial charge in [0.05, 0.1) is 17.3 Å². The monoisotopic (exact) mass is 416 g/mol. The number of rotatable bonds is 6. The summed E-state index contributed by atoms with van der Waals surface area (Å²) >= 11 is 8.43. The minimum Gasteiger partial charge on any atom is -0.491 e. The van der Waals surface area contributed by atoms with Gasteiger partial charge in [-0.05, 0) is 59.7 Å². The van der Waals surface area contributed by atoms with Gasteiger partial charge in [0.1, 0.15) is 5.82 Å². The highest BCUT2D eigenvalue weighted by Gasteiger charge is 2.14. The molecule has 1 heterocycles. The molecule has 1 aromatic heterocycles. The number of anilines is 1. The molecule has 0 unspecified atom stereocenters. The maximum absolute atomic E-state index is 14.2. The molecule has 128 valence electrons. The van der Waals surface area contributed by atoms with E-state index in [0.717, 1.165) is 0 Å². The highest BCUT2D eigenvalue weighted by molar-refractivity contribution is 9.10. The quantitative estimate of drug-likeness (QED) is 0.703. The fraction of sp³-hybridized carbons (Fsp3) is 0.267. The minimum atomic E-state index is -0.686. The van der Waals surface area contributed by atoms with Gasteiger partial charge in [0.15, 0.2) is 22.5 Å². The van der Waals surface area contributed by atoms with Gasteiger partial charge in [0.25, 0.3) is 0 Å². The van der Waals surface area contributed by atoms with Gasteiger partial charge in [-0.25, -0.2) is 8.78 Å². The average Bonchev–Trinajstić information content (AvgIpc) is 2.55. The van der Waals surface area contributed by atoms with E-state index in [-0.39, 0.29) is 29.4 Å². The minimum absolute atomic E-state index is 0.0399. The lowest BCUT2D eigenvalue weighted by Crippen LogP contribution is -2.31. The van der Waals surface area contributed by atoms with Crippen LogP contribution >= 0.6 is 28.1 Å². The zero-order valence-corrected chi connectivity index (χ0v) is 15.2. The van der Waals surface area contributed by atoms with Crippen molar-refractivity contribution in [2.75, 3.05) is 18.5 Å². The van der Waals surface area contributed by atoms with E-state index in [9.17, 15) is 8.78 Å². The lowest BCUT2D eigenvalue weighted by Gasteiger charge is -2.12. The molecule has 0 aliphatic heterocycles. The Labute approximate surface area is 151 Å². The van der Waals surface area contributed by atoms with Crippen LogP contribution in [0.2, 0.25) is 0 Å². The molecule has 0 saturated heterocycles. The third-order valence-corrected chi connectivity index (χ3v) is 3.90. The third-order valence-electron chi connectivity index (χ3n) is 3.01. The Bertz CT molecular complexity index is 733. The Kier molecular flexibility index (Phi) is 6.80. The van der Waals surface area contributed by atoms with Crippen molar-refractivity contribution in [2.24, 2.45) is 0 Å². The summed E-state index contributed by atoms with van der Waals surface area (Å²) in [5.41, 5.74) is -0.0445. The first-order valence-corrected chi connectivity index (χ1v) is 8.34. The van der Waals surface area contributed by atoms with E-state index in [0.29, 0.717) is 16.9 Å². The molecule has 9 heteroatoms. The summed E-state index contributed by atoms with van der Waals surface area (Å²) in [5, 5.41) is 13.6. The Morgan fingerprint density at radius 3 is 2.83 bits per heavy atom. The maximum Gasteiger partial charge on any atom is 0.172 e. The molecule has 5 nitrogen and oxygen atoms in total. The third kappa shape index (κ3) is 4.81. The fourth-order valence-electron chi connectivity index (χ4n) is 1.93. The van der Waals surface area contributed by atoms with E-state index in [1.54, 1.807) is 13.0 Å². The van der Waals surface area contributed by atoms with Crippen LogP contribution in [0, 0.1) is 11.6 Å². The van der Waals surface area contributed by atoms with Gasteiger partial charge in [0.2, 0.25) is 0 Å². The molecule has 24 heavy (non-hydrogen) atoms. The first-order valence-electron chi connectivity index (χ1n) is 7.14. The lowest BCUT2D eigenvalue weighted by molar-refractivity contribution is 0.318. The molecule has 0 bridgehead atoms. The van der Waals surface area contributed by atoms with E-state index >= 15 is 0 Å². The topological polar surface area (TPSA) is 59.1 Å². The summed E-state index contributed by atoms with van der Waals surface area (Å²) in [4.78, 5) is 0. The van der Waals surface area contributed by atoms with Crippen molar-refractivity contribution in [3.63, 3.8) is 0 Å². The fourth-order valence-corrected chi connectivity index (χ4v) is 2.42. The second-order valence-electron chi connectivity index (χ2n) is 4.63. The second kappa shape index (κ2) is 8.84. The number of nitrogens with zero attached hydrogens (tertiary/aromatic N) is 2. The molecule has 0 aliphatic rings. The summed E-state index contributed by atoms with van der Waals surface area (Å²) in [6.07, 6.45) is 1.64. The molecule has 0 spiro atoms. The van der Waals surface area contributed by atoms with Gasteiger partial charge in [-0.15, -0.1) is 5.10 Å². The smallest absolute Gasteiger partial charge is 0.172 e. The van der Waals surface area contributed by atoms with Crippen LogP contribution in [0.3, 0.4) is 0 Å². The molecule has 0 saturated carbocycles. The van der Waals surface area contributed by atoms with E-state index < -0.39 is 11.6 Å². The molecule has 0 amide bonds. The maximum atomic E-state index is 14.2. The van der Waals surface area contributed by atoms with Crippen LogP contribution in [0.1, 0.15) is 12.5 Å². The molecule has 2 rings (SSSR count). The summed E-state index contributed by atoms with van der Waals surface area (Å²) in [7, 11) is 0. The van der Waals surface area contributed by atoms with Crippen LogP contribution in [-0.4, -0.2) is 28.5 Å². The normalized spacial score (nSPS) is 10.3. The Balaban J connectivity index is 1.93. The molecule has 0 radical (unpaired) electrons. The average molecular weight is 417 g/mol. The van der Waals surface area contributed by atoms with Crippen LogP contribution in [-0.2, 0) is 6.42 Å². The number of halogens is 3. The van der Waals surface area contributed by atoms with Crippen molar-refractivity contribution < 1.29 is 13.5 Å². The molecule has 0 fully saturated rings. The van der Waals surface area contributed by atoms with E-state index in [2.05, 4.69) is 36.8 Å². The van der Waals surface area contributed by atoms with Gasteiger partial charge in [-0.2, -0.15) is 5.10 Å². The molecular formula is C15H15BrF2N4OS. The predicted molar refractivity (Wildman–Crippen MR) is 95.2 cm³/mol. The number of aromatic nitrogens is 2. The van der Waals surface area contributed by atoms with E-state index in [1.807, 2.05) is 0 Å². The molecule has 1 aromatic carbocycles. The number of thiocarbonyl (C=S) groups is 1. The summed E-state index contributed by atoms with van der Waals surface area (Å²) in [6.45, 7) is 2.28. The van der Waals surface area contributed by atoms with Crippen LogP contribution < -0.4 is 15.4 Å². The Morgan fingerprint density at radius 1 is 1.33 bits per heavy atom. The Morgan fingerprint density at radius 2 is 2.12 bits per heavy atom. The highest BCUT2D eigenvalue weighted by atomic mass is 79.9. The predicted octanol–water partition coefficient (Wildman–Crippen LogP) is 3.45. The first-order chi connectivity index (χ1) is 11.5. The Hall–Kier alpha value is -1.87. The van der Waals surface area contributed by atoms with Crippen molar-refractivity contribution in [1.29, 1.82) is 0 Å². The van der Waals surface area contributed by atoms with Crippen molar-refractivity contribution in [3.05, 3.63) is 46.1 Å². The highest BCUT2D eigenvalue weighted by Crippen LogP contribution is 2.23. The lowest BCUT2D eigenvalue weighted by atomic mass is 10.1. The van der Waals surface area contributed by atoms with Crippen LogP contribution in [0.4, 0.5) is 14.6 Å². The number of benzene rings is 1. The van der Waals surface area contributed by atoms with Crippen LogP contribution in [0.25, 0.3) is 0 Å². The molecule has 2 aromatic rings. The molecule has 0 atom stereocenters. The second-order valence-corrected chi connectivity index (χ2v) is 5.89. The van der Waals surface area contributed by atoms with Crippen LogP contribution in [0.5, 0.6) is 5.75 Å². The van der Waals surface area contributed by atoms with Gasteiger partial charge in [0, 0.05) is 12.1 Å². The van der Waals surface area contributed by atoms with Crippen molar-refractivity contribution in [1.82, 2.24) is 15.5 Å². The number of hydrogen-bond acceptors (Lipinski definition) is 4. The van der Waals surface area contributed by atoms with Gasteiger partial charge in [-0.3, -0.25) is 0 Å². The number of hydrogen-bond donors (Lipinski definition) is 2. The van der Waals surface area contributed by atoms with Gasteiger partial charge >= 0.3 is 0 Å². The summed E-state index contributed by atoms with van der Waals surface area (Å²) in [5.74, 6) is -0.814. The molecule has 0 aliphatic carbocycles. The summed E-state index contributed by atoms with van der Waals surface area (Å²) in [6, 6.07) is 4.18. The van der Waals surface area contributed by atoms with Crippen molar-refractivity contribution in [2.45, 2.75) is 13.3 Å². The number of nitrogens with one attached hydrogen (secondary N) is 2. The van der Waals surface area contributed by atoms with Crippen molar-refractivity contribution in [3.8, 4) is 5.75 Å². The standard InChI is InChI=1S/C15H15BrF2N4OS/c1-2-23-12-4-3-11(17)9(13(12)18)5-7-19-15(24)21-14-10(16)6-8-20-22-14/h3-4,6,8H,2,5,7H2,1H3,(H2,19,21,22,24). The van der Waals surface area contributed by atoms with E-state index in [1.165, 1.54) is 18.3 Å². The first kappa shape index (κ1) is 18.5. The largest absolute Gasteiger partial charge is 0.491 e. The van der Waals surface area contributed by atoms with E-state index in [4.69, 9.17) is 17.0 Å².